The molecule has 160 valence electrons. The molecule has 30 heavy (non-hydrogen) atoms. The molecular formula is C23H31N3O3Si. The van der Waals surface area contributed by atoms with Crippen molar-refractivity contribution in [1.29, 1.82) is 5.26 Å². The van der Waals surface area contributed by atoms with Crippen LogP contribution in [0.25, 0.3) is 11.3 Å². The van der Waals surface area contributed by atoms with Crippen LogP contribution in [0.15, 0.2) is 30.3 Å². The molecule has 0 atom stereocenters. The molecule has 0 unspecified atom stereocenters. The topological polar surface area (TPSA) is 77.1 Å². The highest BCUT2D eigenvalue weighted by Crippen LogP contribution is 2.28. The third-order valence-electron chi connectivity index (χ3n) is 4.51. The third-order valence-corrected chi connectivity index (χ3v) is 6.58. The van der Waals surface area contributed by atoms with Crippen LogP contribution in [-0.2, 0) is 20.8 Å². The van der Waals surface area contributed by atoms with Crippen LogP contribution in [0.4, 0.5) is 0 Å². The Balaban J connectivity index is 2.54. The zero-order valence-corrected chi connectivity index (χ0v) is 19.9. The van der Waals surface area contributed by atoms with Crippen LogP contribution in [0, 0.1) is 18.3 Å². The van der Waals surface area contributed by atoms with Gasteiger partial charge >= 0.3 is 5.97 Å². The molecule has 6 nitrogen and oxygen atoms in total. The van der Waals surface area contributed by atoms with Crippen molar-refractivity contribution in [3.05, 3.63) is 47.3 Å². The van der Waals surface area contributed by atoms with E-state index in [1.165, 1.54) is 5.19 Å². The first-order valence-electron chi connectivity index (χ1n) is 10.2. The number of carbonyl (C=O) groups is 1. The maximum Gasteiger partial charge on any atom is 0.344 e. The molecule has 2 rings (SSSR count). The lowest BCUT2D eigenvalue weighted by Gasteiger charge is -2.18. The van der Waals surface area contributed by atoms with Crippen molar-refractivity contribution in [3.8, 4) is 6.07 Å². The van der Waals surface area contributed by atoms with Crippen LogP contribution in [0.3, 0.4) is 0 Å². The summed E-state index contributed by atoms with van der Waals surface area (Å²) in [5.74, 6) is -0.144. The molecule has 0 saturated carbocycles. The monoisotopic (exact) mass is 425 g/mol. The first kappa shape index (κ1) is 23.4. The van der Waals surface area contributed by atoms with E-state index < -0.39 is 14.0 Å². The molecular weight excluding hydrogens is 394 g/mol. The predicted octanol–water partition coefficient (Wildman–Crippen LogP) is 4.12. The number of benzene rings is 1. The Kier molecular flexibility index (Phi) is 7.63. The minimum Gasteiger partial charge on any atom is -0.478 e. The van der Waals surface area contributed by atoms with Crippen molar-refractivity contribution >= 4 is 30.6 Å². The molecule has 0 aliphatic rings. The van der Waals surface area contributed by atoms with E-state index in [0.717, 1.165) is 11.3 Å². The number of hydrogen-bond acceptors (Lipinski definition) is 5. The summed E-state index contributed by atoms with van der Waals surface area (Å²) in [6.07, 6.45) is -0.235. The van der Waals surface area contributed by atoms with Gasteiger partial charge < -0.3 is 9.47 Å². The van der Waals surface area contributed by atoms with Crippen LogP contribution in [0.5, 0.6) is 0 Å². The van der Waals surface area contributed by atoms with E-state index in [-0.39, 0.29) is 12.7 Å². The first-order valence-corrected chi connectivity index (χ1v) is 13.7. The minimum absolute atomic E-state index is 0.235. The van der Waals surface area contributed by atoms with E-state index in [1.54, 1.807) is 18.5 Å². The summed E-state index contributed by atoms with van der Waals surface area (Å²) in [5.41, 5.74) is 2.58. The summed E-state index contributed by atoms with van der Waals surface area (Å²) in [4.78, 5) is 12.1. The normalized spacial score (nSPS) is 12.4. The van der Waals surface area contributed by atoms with Crippen molar-refractivity contribution in [2.24, 2.45) is 0 Å². The quantitative estimate of drug-likeness (QED) is 0.275. The molecule has 0 aliphatic carbocycles. The van der Waals surface area contributed by atoms with Crippen molar-refractivity contribution in [3.63, 3.8) is 0 Å². The van der Waals surface area contributed by atoms with Crippen LogP contribution in [0.2, 0.25) is 19.6 Å². The molecule has 0 aliphatic heterocycles. The fraction of sp³-hybridized carbons (Fsp3) is 0.435. The van der Waals surface area contributed by atoms with Crippen LogP contribution in [-0.4, -0.2) is 36.5 Å². The van der Waals surface area contributed by atoms with Gasteiger partial charge in [-0.2, -0.15) is 10.4 Å². The van der Waals surface area contributed by atoms with Gasteiger partial charge in [0.2, 0.25) is 0 Å². The summed E-state index contributed by atoms with van der Waals surface area (Å²) in [7, 11) is -1.46. The zero-order chi connectivity index (χ0) is 22.5. The summed E-state index contributed by atoms with van der Waals surface area (Å²) >= 11 is 0. The molecule has 0 saturated heterocycles. The minimum atomic E-state index is -1.46. The fourth-order valence-corrected chi connectivity index (χ4v) is 4.22. The highest BCUT2D eigenvalue weighted by molar-refractivity contribution is 6.88. The average molecular weight is 426 g/mol. The molecule has 1 aromatic heterocycles. The predicted molar refractivity (Wildman–Crippen MR) is 122 cm³/mol. The maximum atomic E-state index is 12.1. The van der Waals surface area contributed by atoms with Gasteiger partial charge in [-0.1, -0.05) is 49.1 Å². The smallest absolute Gasteiger partial charge is 0.344 e. The Labute approximate surface area is 180 Å². The molecule has 0 amide bonds. The third kappa shape index (κ3) is 5.83. The van der Waals surface area contributed by atoms with Gasteiger partial charge in [0.05, 0.1) is 19.9 Å². The Morgan fingerprint density at radius 3 is 2.37 bits per heavy atom. The van der Waals surface area contributed by atoms with Crippen molar-refractivity contribution in [2.75, 3.05) is 6.61 Å². The van der Waals surface area contributed by atoms with E-state index in [4.69, 9.17) is 9.47 Å². The Morgan fingerprint density at radius 2 is 1.87 bits per heavy atom. The van der Waals surface area contributed by atoms with Gasteiger partial charge in [0.25, 0.3) is 0 Å². The molecule has 0 fully saturated rings. The second-order valence-electron chi connectivity index (χ2n) is 8.46. The van der Waals surface area contributed by atoms with Crippen molar-refractivity contribution in [1.82, 2.24) is 9.78 Å². The summed E-state index contributed by atoms with van der Waals surface area (Å²) in [5, 5.41) is 15.8. The zero-order valence-electron chi connectivity index (χ0n) is 18.9. The average Bonchev–Trinajstić information content (AvgIpc) is 3.04. The van der Waals surface area contributed by atoms with Crippen molar-refractivity contribution in [2.45, 2.75) is 60.0 Å². The first-order chi connectivity index (χ1) is 14.1. The lowest BCUT2D eigenvalue weighted by molar-refractivity contribution is -0.150. The number of ether oxygens (including phenoxy) is 2. The summed E-state index contributed by atoms with van der Waals surface area (Å²) in [6, 6.07) is 12.2. The lowest BCUT2D eigenvalue weighted by atomic mass is 10.0. The number of allylic oxidation sites excluding steroid dienone is 1. The number of hydrogen-bond donors (Lipinski definition) is 0. The van der Waals surface area contributed by atoms with Gasteiger partial charge in [-0.3, -0.25) is 4.68 Å². The molecule has 2 aromatic rings. The second-order valence-corrected chi connectivity index (χ2v) is 13.5. The maximum absolute atomic E-state index is 12.1. The van der Waals surface area contributed by atoms with Gasteiger partial charge in [0, 0.05) is 6.54 Å². The van der Waals surface area contributed by atoms with Crippen molar-refractivity contribution < 1.29 is 14.3 Å². The second kappa shape index (κ2) is 9.77. The number of nitriles is 1. The lowest BCUT2D eigenvalue weighted by Crippen LogP contribution is -2.37. The van der Waals surface area contributed by atoms with Crippen LogP contribution < -0.4 is 5.19 Å². The molecule has 1 heterocycles. The van der Waals surface area contributed by atoms with E-state index in [9.17, 15) is 10.1 Å². The standard InChI is InChI=1S/C23H31N3O3Si/c1-8-26-21(13-17(4)25-26)23(28-15-22(27)29-16(2)3)20(14-24)18-9-11-19(12-10-18)30(5,6)7/h9-13,16H,8,15H2,1-7H3/b23-20-. The summed E-state index contributed by atoms with van der Waals surface area (Å²) < 4.78 is 12.8. The Bertz CT molecular complexity index is 961. The number of nitrogens with zero attached hydrogens (tertiary/aromatic N) is 3. The number of rotatable bonds is 8. The van der Waals surface area contributed by atoms with Gasteiger partial charge in [-0.15, -0.1) is 0 Å². The SMILES string of the molecule is CCn1nc(C)cc1/C(OCC(=O)OC(C)C)=C(\C#N)c1ccc([Si](C)(C)C)cc1. The highest BCUT2D eigenvalue weighted by Gasteiger charge is 2.21. The highest BCUT2D eigenvalue weighted by atomic mass is 28.3. The van der Waals surface area contributed by atoms with E-state index >= 15 is 0 Å². The molecule has 0 N–H and O–H groups in total. The molecule has 7 heteroatoms. The summed E-state index contributed by atoms with van der Waals surface area (Å²) in [6.45, 7) is 14.6. The van der Waals surface area contributed by atoms with Gasteiger partial charge in [-0.25, -0.2) is 4.79 Å². The number of aryl methyl sites for hydroxylation is 2. The molecule has 1 aromatic carbocycles. The largest absolute Gasteiger partial charge is 0.478 e. The fourth-order valence-electron chi connectivity index (χ4n) is 3.05. The van der Waals surface area contributed by atoms with E-state index in [0.29, 0.717) is 23.6 Å². The van der Waals surface area contributed by atoms with E-state index in [1.807, 2.05) is 32.0 Å². The van der Waals surface area contributed by atoms with Crippen LogP contribution in [0.1, 0.15) is 37.7 Å². The molecule has 0 bridgehead atoms. The number of aromatic nitrogens is 2. The Hall–Kier alpha value is -2.85. The molecule has 0 radical (unpaired) electrons. The van der Waals surface area contributed by atoms with Gasteiger partial charge in [-0.05, 0) is 39.3 Å². The van der Waals surface area contributed by atoms with Gasteiger partial charge in [0.1, 0.15) is 17.3 Å². The molecule has 0 spiro atoms. The van der Waals surface area contributed by atoms with E-state index in [2.05, 4.69) is 42.9 Å². The number of carbonyl (C=O) groups excluding carboxylic acids is 1. The van der Waals surface area contributed by atoms with Gasteiger partial charge in [0.15, 0.2) is 12.4 Å². The number of esters is 1. The van der Waals surface area contributed by atoms with Crippen LogP contribution >= 0.6 is 0 Å². The Morgan fingerprint density at radius 1 is 1.23 bits per heavy atom.